The first kappa shape index (κ1) is 79.5. The molecular formula is C80H112N2O19. The van der Waals surface area contributed by atoms with Crippen LogP contribution in [-0.4, -0.2) is 139 Å². The quantitative estimate of drug-likeness (QED) is 0.0252. The Morgan fingerprint density at radius 2 is 1.39 bits per heavy atom. The SMILES string of the molecule is CO[C@H]1C(=O)[C@]2(C)[C@@H](OC)C[C@H]3OC[C@@]3(OC(C)=O)[C@H]2[C@H](OC(=O)c2ccccc2)[C@]2(O)C[C@H](OC(=O)[C@H](OC(=O)CCC(=O)NCC(=O)Oc3c(C)c(C)c4c(c3C)CC[C@@](C)(CCC[C@H](C)CCC[C@H](C)CCCC(C)C)O4)[C@@H](NC(=O)OC(C)(C)C)c3ccccc3)C(C)=C1C2(C)C. The molecule has 2 heterocycles. The van der Waals surface area contributed by atoms with Gasteiger partial charge in [0.05, 0.1) is 36.0 Å². The van der Waals surface area contributed by atoms with Gasteiger partial charge in [-0.1, -0.05) is 135 Å². The molecular weight excluding hydrogens is 1290 g/mol. The number of Topliss-reactive ketones (excluding diaryl/α,β-unsaturated/α-hetero) is 1. The fourth-order valence-electron chi connectivity index (χ4n) is 16.4. The molecule has 3 aromatic rings. The standard InChI is InChI=1S/C80H112N2O19/c1-46(2)28-25-29-47(3)30-26-31-48(4)32-27-40-77(15)41-39-56-51(7)65(49(5)50(6)66(56)100-77)97-62(86)44-81-60(84)37-38-61(85)96-68(64(54-33-21-19-22-34-54)82-74(90)101-75(10,11)12)73(89)95-57-43-80(91)71(98-72(88)55-35-23-20-24-36-55)69-78(16,70(87)67(93-18)63(52(57)8)76(80,13)14)58(92-17)42-59-79(69,45-94-59)99-53(9)83/h19-24,33-36,46-48,57-59,64,67-69,71,91H,25-32,37-45H2,1-18H3,(H,81,84)(H,82,90)/t47-,48-,57+,58+,59-,64+,67-,68-,69+,71+,77-,78-,79+,80-/m1/s1. The van der Waals surface area contributed by atoms with Gasteiger partial charge in [0.2, 0.25) is 12.0 Å². The minimum absolute atomic E-state index is 0.0578. The van der Waals surface area contributed by atoms with Crippen molar-refractivity contribution in [1.82, 2.24) is 10.6 Å². The Balaban J connectivity index is 1.01. The van der Waals surface area contributed by atoms with Gasteiger partial charge >= 0.3 is 35.9 Å². The lowest BCUT2D eigenvalue weighted by molar-refractivity contribution is -0.347. The molecule has 0 radical (unpaired) electrons. The van der Waals surface area contributed by atoms with Crippen LogP contribution in [0.15, 0.2) is 71.8 Å². The molecule has 2 saturated carbocycles. The van der Waals surface area contributed by atoms with E-state index in [1.807, 2.05) is 20.8 Å². The first-order chi connectivity index (χ1) is 47.4. The zero-order valence-corrected chi connectivity index (χ0v) is 62.9. The molecule has 101 heavy (non-hydrogen) atoms. The highest BCUT2D eigenvalue weighted by molar-refractivity contribution is 5.95. The lowest BCUT2D eigenvalue weighted by atomic mass is 9.44. The Labute approximate surface area is 597 Å². The van der Waals surface area contributed by atoms with E-state index in [0.29, 0.717) is 11.7 Å². The zero-order valence-electron chi connectivity index (χ0n) is 62.9. The smallest absolute Gasteiger partial charge is 0.408 e. The first-order valence-corrected chi connectivity index (χ1v) is 36.3. The van der Waals surface area contributed by atoms with Gasteiger partial charge in [0.1, 0.15) is 65.3 Å². The number of amides is 2. The van der Waals surface area contributed by atoms with Crippen molar-refractivity contribution in [2.75, 3.05) is 27.4 Å². The number of nitrogens with one attached hydrogen (secondary N) is 2. The molecule has 556 valence electrons. The van der Waals surface area contributed by atoms with E-state index in [2.05, 4.69) is 45.3 Å². The molecule has 2 aliphatic heterocycles. The van der Waals surface area contributed by atoms with Crippen LogP contribution in [0.1, 0.15) is 224 Å². The van der Waals surface area contributed by atoms with E-state index in [1.54, 1.807) is 97.0 Å². The highest BCUT2D eigenvalue weighted by atomic mass is 16.6. The van der Waals surface area contributed by atoms with Gasteiger partial charge < -0.3 is 63.1 Å². The van der Waals surface area contributed by atoms with Crippen LogP contribution in [-0.2, 0) is 73.1 Å². The average Bonchev–Trinajstić information content (AvgIpc) is 0.668. The second-order valence-electron chi connectivity index (χ2n) is 31.6. The summed E-state index contributed by atoms with van der Waals surface area (Å²) in [5.41, 5.74) is -4.72. The molecule has 21 nitrogen and oxygen atoms in total. The molecule has 5 aliphatic rings. The number of aliphatic hydroxyl groups is 1. The summed E-state index contributed by atoms with van der Waals surface area (Å²) < 4.78 is 62.5. The maximum atomic E-state index is 16.0. The molecule has 2 amide bonds. The van der Waals surface area contributed by atoms with Gasteiger partial charge in [-0.05, 0) is 151 Å². The summed E-state index contributed by atoms with van der Waals surface area (Å²) >= 11 is 0. The highest BCUT2D eigenvalue weighted by Crippen LogP contribution is 2.65. The summed E-state index contributed by atoms with van der Waals surface area (Å²) in [6.45, 7) is 29.1. The Morgan fingerprint density at radius 3 is 1.97 bits per heavy atom. The first-order valence-electron chi connectivity index (χ1n) is 36.3. The van der Waals surface area contributed by atoms with Crippen molar-refractivity contribution < 1.29 is 90.8 Å². The number of ether oxygens (including phenoxy) is 10. The van der Waals surface area contributed by atoms with Crippen LogP contribution in [0.25, 0.3) is 0 Å². The van der Waals surface area contributed by atoms with Crippen molar-refractivity contribution in [2.24, 2.45) is 34.5 Å². The number of rotatable bonds is 29. The second-order valence-corrected chi connectivity index (χ2v) is 31.6. The molecule has 8 rings (SSSR count). The number of methoxy groups -OCH3 is 2. The molecule has 3 fully saturated rings. The molecule has 3 aromatic carbocycles. The Bertz CT molecular complexity index is 3520. The van der Waals surface area contributed by atoms with Crippen molar-refractivity contribution in [1.29, 1.82) is 0 Å². The lowest BCUT2D eigenvalue weighted by Gasteiger charge is -2.67. The van der Waals surface area contributed by atoms with Gasteiger partial charge in [0.25, 0.3) is 0 Å². The third-order valence-electron chi connectivity index (χ3n) is 22.3. The highest BCUT2D eigenvalue weighted by Gasteiger charge is 2.78. The third-order valence-corrected chi connectivity index (χ3v) is 22.3. The predicted molar refractivity (Wildman–Crippen MR) is 378 cm³/mol. The van der Waals surface area contributed by atoms with Crippen molar-refractivity contribution in [2.45, 2.75) is 272 Å². The van der Waals surface area contributed by atoms with E-state index < -0.39 is 150 Å². The normalized spacial score (nSPS) is 27.0. The van der Waals surface area contributed by atoms with Crippen LogP contribution in [0.5, 0.6) is 11.5 Å². The molecule has 2 bridgehead atoms. The minimum atomic E-state index is -2.37. The van der Waals surface area contributed by atoms with E-state index in [9.17, 15) is 33.9 Å². The molecule has 1 saturated heterocycles. The largest absolute Gasteiger partial charge is 0.487 e. The average molecular weight is 1410 g/mol. The summed E-state index contributed by atoms with van der Waals surface area (Å²) in [5.74, 6) is -4.09. The summed E-state index contributed by atoms with van der Waals surface area (Å²) in [6.07, 6.45) is 0.945. The van der Waals surface area contributed by atoms with E-state index in [1.165, 1.54) is 71.8 Å². The van der Waals surface area contributed by atoms with Gasteiger partial charge in [-0.25, -0.2) is 19.2 Å². The number of benzene rings is 3. The molecule has 14 atom stereocenters. The van der Waals surface area contributed by atoms with Crippen LogP contribution in [0.4, 0.5) is 4.79 Å². The fourth-order valence-corrected chi connectivity index (χ4v) is 16.4. The molecule has 0 unspecified atom stereocenters. The van der Waals surface area contributed by atoms with E-state index in [-0.39, 0.29) is 40.9 Å². The predicted octanol–water partition coefficient (Wildman–Crippen LogP) is 13.1. The van der Waals surface area contributed by atoms with E-state index >= 15 is 9.59 Å². The number of hydrogen-bond donors (Lipinski definition) is 3. The number of carbonyl (C=O) groups is 8. The maximum Gasteiger partial charge on any atom is 0.408 e. The van der Waals surface area contributed by atoms with Gasteiger partial charge in [-0.3, -0.25) is 19.2 Å². The lowest BCUT2D eigenvalue weighted by Crippen LogP contribution is -2.82. The van der Waals surface area contributed by atoms with Crippen LogP contribution in [0.3, 0.4) is 0 Å². The van der Waals surface area contributed by atoms with E-state index in [4.69, 9.17) is 47.4 Å². The Hall–Kier alpha value is -7.20. The van der Waals surface area contributed by atoms with Crippen molar-refractivity contribution in [3.63, 3.8) is 0 Å². The van der Waals surface area contributed by atoms with Gasteiger partial charge in [-0.2, -0.15) is 0 Å². The summed E-state index contributed by atoms with van der Waals surface area (Å²) in [6, 6.07) is 14.6. The van der Waals surface area contributed by atoms with Crippen molar-refractivity contribution in [3.05, 3.63) is 105 Å². The summed E-state index contributed by atoms with van der Waals surface area (Å²) in [7, 11) is 2.74. The summed E-state index contributed by atoms with van der Waals surface area (Å²) in [4.78, 5) is 115. The Kier molecular flexibility index (Phi) is 25.7. The van der Waals surface area contributed by atoms with Crippen LogP contribution in [0, 0.1) is 55.3 Å². The number of ketones is 1. The van der Waals surface area contributed by atoms with Crippen LogP contribution < -0.4 is 20.1 Å². The summed E-state index contributed by atoms with van der Waals surface area (Å²) in [5, 5.41) is 19.4. The van der Waals surface area contributed by atoms with Crippen molar-refractivity contribution in [3.8, 4) is 11.5 Å². The minimum Gasteiger partial charge on any atom is -0.487 e. The maximum absolute atomic E-state index is 16.0. The molecule has 0 spiro atoms. The topological polar surface area (TPSA) is 273 Å². The number of esters is 5. The number of alkyl carbamates (subject to hydrolysis) is 1. The Morgan fingerprint density at radius 1 is 0.762 bits per heavy atom. The van der Waals surface area contributed by atoms with Gasteiger partial charge in [-0.15, -0.1) is 0 Å². The zero-order chi connectivity index (χ0) is 74.3. The van der Waals surface area contributed by atoms with E-state index in [0.717, 1.165) is 71.9 Å². The number of hydrogen-bond acceptors (Lipinski definition) is 19. The van der Waals surface area contributed by atoms with Gasteiger partial charge in [0, 0.05) is 51.4 Å². The molecule has 0 aromatic heterocycles. The number of fused-ring (bicyclic) bond motifs is 6. The molecule has 3 N–H and O–H groups in total. The molecule has 3 aliphatic carbocycles. The fraction of sp³-hybridized carbons (Fsp3) is 0.650. The van der Waals surface area contributed by atoms with Gasteiger partial charge in [0.15, 0.2) is 11.4 Å². The molecule has 21 heteroatoms. The number of carbonyl (C=O) groups excluding carboxylic acids is 8. The third kappa shape index (κ3) is 17.5. The van der Waals surface area contributed by atoms with Crippen LogP contribution >= 0.6 is 0 Å². The monoisotopic (exact) mass is 1400 g/mol. The van der Waals surface area contributed by atoms with Crippen molar-refractivity contribution >= 4 is 47.6 Å². The van der Waals surface area contributed by atoms with Crippen LogP contribution in [0.2, 0.25) is 0 Å². The second kappa shape index (κ2) is 32.6.